The van der Waals surface area contributed by atoms with Gasteiger partial charge in [0.05, 0.1) is 0 Å². The van der Waals surface area contributed by atoms with Crippen molar-refractivity contribution in [3.05, 3.63) is 59.7 Å². The summed E-state index contributed by atoms with van der Waals surface area (Å²) in [5.74, 6) is 1.13. The molecule has 0 fully saturated rings. The molecule has 2 aromatic carbocycles. The third kappa shape index (κ3) is 6.02. The summed E-state index contributed by atoms with van der Waals surface area (Å²) in [6, 6.07) is 15.0. The summed E-state index contributed by atoms with van der Waals surface area (Å²) >= 11 is 0. The van der Waals surface area contributed by atoms with Gasteiger partial charge < -0.3 is 14.2 Å². The Bertz CT molecular complexity index is 637. The maximum absolute atomic E-state index is 11.6. The first-order valence-corrected chi connectivity index (χ1v) is 7.51. The van der Waals surface area contributed by atoms with E-state index in [9.17, 15) is 4.79 Å². The molecule has 0 bridgehead atoms. The topological polar surface area (TPSA) is 44.8 Å². The molecule has 0 spiro atoms. The Morgan fingerprint density at radius 1 is 0.913 bits per heavy atom. The van der Waals surface area contributed by atoms with E-state index in [1.165, 1.54) is 5.56 Å². The molecule has 0 heterocycles. The fourth-order valence-electron chi connectivity index (χ4n) is 1.82. The lowest BCUT2D eigenvalue weighted by Gasteiger charge is -2.18. The summed E-state index contributed by atoms with van der Waals surface area (Å²) in [7, 11) is 0. The summed E-state index contributed by atoms with van der Waals surface area (Å²) in [5, 5.41) is 0. The van der Waals surface area contributed by atoms with E-state index >= 15 is 0 Å². The Hall–Kier alpha value is -2.49. The van der Waals surface area contributed by atoms with Crippen molar-refractivity contribution < 1.29 is 19.0 Å². The predicted octanol–water partition coefficient (Wildman–Crippen LogP) is 4.89. The molecule has 0 aliphatic rings. The van der Waals surface area contributed by atoms with Crippen molar-refractivity contribution in [2.45, 2.75) is 39.9 Å². The standard InChI is InChI=1S/C19H22O4/c1-14-5-7-15(8-6-14)13-21-16-9-11-17(12-10-16)22-18(20)23-19(2,3)4/h5-12H,13H2,1-4H3. The molecular weight excluding hydrogens is 292 g/mol. The van der Waals surface area contributed by atoms with Crippen molar-refractivity contribution in [2.24, 2.45) is 0 Å². The van der Waals surface area contributed by atoms with Crippen molar-refractivity contribution in [3.8, 4) is 11.5 Å². The summed E-state index contributed by atoms with van der Waals surface area (Å²) in [6.07, 6.45) is -0.717. The van der Waals surface area contributed by atoms with Crippen molar-refractivity contribution in [2.75, 3.05) is 0 Å². The number of hydrogen-bond acceptors (Lipinski definition) is 4. The van der Waals surface area contributed by atoms with Gasteiger partial charge in [-0.3, -0.25) is 0 Å². The van der Waals surface area contributed by atoms with Crippen LogP contribution in [0.2, 0.25) is 0 Å². The van der Waals surface area contributed by atoms with Crippen molar-refractivity contribution in [1.82, 2.24) is 0 Å². The molecule has 23 heavy (non-hydrogen) atoms. The highest BCUT2D eigenvalue weighted by Gasteiger charge is 2.17. The fourth-order valence-corrected chi connectivity index (χ4v) is 1.82. The molecule has 0 N–H and O–H groups in total. The number of carbonyl (C=O) groups excluding carboxylic acids is 1. The smallest absolute Gasteiger partial charge is 0.489 e. The summed E-state index contributed by atoms with van der Waals surface area (Å²) in [5.41, 5.74) is 1.75. The molecule has 0 amide bonds. The van der Waals surface area contributed by atoms with E-state index < -0.39 is 11.8 Å². The minimum Gasteiger partial charge on any atom is -0.489 e. The number of carbonyl (C=O) groups is 1. The van der Waals surface area contributed by atoms with Crippen LogP contribution < -0.4 is 9.47 Å². The third-order valence-corrected chi connectivity index (χ3v) is 2.94. The highest BCUT2D eigenvalue weighted by atomic mass is 16.7. The van der Waals surface area contributed by atoms with Gasteiger partial charge in [-0.05, 0) is 57.5 Å². The Morgan fingerprint density at radius 2 is 1.48 bits per heavy atom. The molecule has 0 atom stereocenters. The Labute approximate surface area is 137 Å². The van der Waals surface area contributed by atoms with Gasteiger partial charge in [0.2, 0.25) is 0 Å². The predicted molar refractivity (Wildman–Crippen MR) is 88.8 cm³/mol. The van der Waals surface area contributed by atoms with Crippen LogP contribution in [0, 0.1) is 6.92 Å². The van der Waals surface area contributed by atoms with Crippen molar-refractivity contribution in [1.29, 1.82) is 0 Å². The van der Waals surface area contributed by atoms with Gasteiger partial charge in [-0.2, -0.15) is 0 Å². The average Bonchev–Trinajstić information content (AvgIpc) is 2.46. The van der Waals surface area contributed by atoms with Gasteiger partial charge in [0.1, 0.15) is 23.7 Å². The van der Waals surface area contributed by atoms with Gasteiger partial charge in [0.25, 0.3) is 0 Å². The molecule has 0 saturated heterocycles. The molecule has 0 saturated carbocycles. The molecule has 4 heteroatoms. The van der Waals surface area contributed by atoms with E-state index in [0.717, 1.165) is 5.56 Å². The first kappa shape index (κ1) is 16.9. The number of ether oxygens (including phenoxy) is 3. The zero-order valence-electron chi connectivity index (χ0n) is 14.0. The Kier molecular flexibility index (Phi) is 5.27. The Morgan fingerprint density at radius 3 is 2.04 bits per heavy atom. The van der Waals surface area contributed by atoms with Gasteiger partial charge in [-0.15, -0.1) is 0 Å². The first-order chi connectivity index (χ1) is 10.8. The lowest BCUT2D eigenvalue weighted by Crippen LogP contribution is -2.25. The highest BCUT2D eigenvalue weighted by Crippen LogP contribution is 2.20. The van der Waals surface area contributed by atoms with E-state index in [2.05, 4.69) is 12.1 Å². The molecule has 0 aromatic heterocycles. The largest absolute Gasteiger partial charge is 0.514 e. The second kappa shape index (κ2) is 7.18. The minimum atomic E-state index is -0.717. The van der Waals surface area contributed by atoms with Crippen LogP contribution in [0.25, 0.3) is 0 Å². The van der Waals surface area contributed by atoms with Crippen LogP contribution in [0.3, 0.4) is 0 Å². The monoisotopic (exact) mass is 314 g/mol. The lowest BCUT2D eigenvalue weighted by molar-refractivity contribution is 0.0206. The van der Waals surface area contributed by atoms with E-state index in [-0.39, 0.29) is 0 Å². The normalized spacial score (nSPS) is 11.0. The van der Waals surface area contributed by atoms with Crippen molar-refractivity contribution >= 4 is 6.16 Å². The van der Waals surface area contributed by atoms with E-state index in [1.54, 1.807) is 45.0 Å². The van der Waals surface area contributed by atoms with E-state index in [4.69, 9.17) is 14.2 Å². The van der Waals surface area contributed by atoms with Crippen LogP contribution in [0.1, 0.15) is 31.9 Å². The van der Waals surface area contributed by atoms with Gasteiger partial charge in [-0.1, -0.05) is 29.8 Å². The van der Waals surface area contributed by atoms with Gasteiger partial charge in [0.15, 0.2) is 0 Å². The number of benzene rings is 2. The molecule has 122 valence electrons. The molecular formula is C19H22O4. The molecule has 2 aromatic rings. The SMILES string of the molecule is Cc1ccc(COc2ccc(OC(=O)OC(C)(C)C)cc2)cc1. The summed E-state index contributed by atoms with van der Waals surface area (Å²) in [4.78, 5) is 11.6. The van der Waals surface area contributed by atoms with Crippen LogP contribution in [0.4, 0.5) is 4.79 Å². The van der Waals surface area contributed by atoms with Crippen LogP contribution in [-0.2, 0) is 11.3 Å². The van der Waals surface area contributed by atoms with E-state index in [1.807, 2.05) is 19.1 Å². The first-order valence-electron chi connectivity index (χ1n) is 7.51. The van der Waals surface area contributed by atoms with Gasteiger partial charge in [0, 0.05) is 0 Å². The van der Waals surface area contributed by atoms with Crippen molar-refractivity contribution in [3.63, 3.8) is 0 Å². The molecule has 0 aliphatic heterocycles. The number of rotatable bonds is 4. The van der Waals surface area contributed by atoms with E-state index in [0.29, 0.717) is 18.1 Å². The Balaban J connectivity index is 1.87. The second-order valence-corrected chi connectivity index (χ2v) is 6.31. The quantitative estimate of drug-likeness (QED) is 0.595. The summed E-state index contributed by atoms with van der Waals surface area (Å²) in [6.45, 7) is 7.91. The van der Waals surface area contributed by atoms with Crippen LogP contribution in [0.5, 0.6) is 11.5 Å². The second-order valence-electron chi connectivity index (χ2n) is 6.31. The molecule has 2 rings (SSSR count). The zero-order chi connectivity index (χ0) is 16.9. The zero-order valence-corrected chi connectivity index (χ0v) is 14.0. The highest BCUT2D eigenvalue weighted by molar-refractivity contribution is 5.64. The van der Waals surface area contributed by atoms with Crippen LogP contribution >= 0.6 is 0 Å². The van der Waals surface area contributed by atoms with Crippen LogP contribution in [0.15, 0.2) is 48.5 Å². The maximum atomic E-state index is 11.6. The van der Waals surface area contributed by atoms with Gasteiger partial charge >= 0.3 is 6.16 Å². The summed E-state index contributed by atoms with van der Waals surface area (Å²) < 4.78 is 15.9. The molecule has 0 unspecified atom stereocenters. The number of hydrogen-bond donors (Lipinski definition) is 0. The fraction of sp³-hybridized carbons (Fsp3) is 0.316. The maximum Gasteiger partial charge on any atom is 0.514 e. The number of aryl methyl sites for hydroxylation is 1. The van der Waals surface area contributed by atoms with Gasteiger partial charge in [-0.25, -0.2) is 4.79 Å². The lowest BCUT2D eigenvalue weighted by atomic mass is 10.2. The molecule has 0 radical (unpaired) electrons. The molecule has 4 nitrogen and oxygen atoms in total. The van der Waals surface area contributed by atoms with Crippen LogP contribution in [-0.4, -0.2) is 11.8 Å². The average molecular weight is 314 g/mol. The minimum absolute atomic E-state index is 0.418. The third-order valence-electron chi connectivity index (χ3n) is 2.94. The molecule has 0 aliphatic carbocycles.